The Morgan fingerprint density at radius 2 is 2.12 bits per heavy atom. The Balaban J connectivity index is 2.63. The van der Waals surface area contributed by atoms with Gasteiger partial charge in [-0.1, -0.05) is 15.9 Å². The van der Waals surface area contributed by atoms with Crippen molar-refractivity contribution in [3.63, 3.8) is 0 Å². The molecule has 0 aliphatic heterocycles. The second kappa shape index (κ2) is 4.45. The van der Waals surface area contributed by atoms with Gasteiger partial charge in [-0.3, -0.25) is 9.78 Å². The number of halogens is 1. The molecule has 1 aromatic heterocycles. The molecule has 0 bridgehead atoms. The summed E-state index contributed by atoms with van der Waals surface area (Å²) in [4.78, 5) is 15.4. The van der Waals surface area contributed by atoms with Crippen LogP contribution in [-0.2, 0) is 4.79 Å². The summed E-state index contributed by atoms with van der Waals surface area (Å²) in [5, 5.41) is 10.0. The largest absolute Gasteiger partial charge is 0.481 e. The third-order valence-corrected chi connectivity index (χ3v) is 3.28. The van der Waals surface area contributed by atoms with Crippen LogP contribution in [0.2, 0.25) is 0 Å². The van der Waals surface area contributed by atoms with Crippen molar-refractivity contribution in [3.05, 3.63) is 40.0 Å². The number of hydrogen-bond acceptors (Lipinski definition) is 2. The van der Waals surface area contributed by atoms with Crippen LogP contribution in [0, 0.1) is 6.92 Å². The number of carboxylic acid groups (broad SMARTS) is 1. The molecule has 1 atom stereocenters. The molecule has 0 amide bonds. The molecule has 0 saturated heterocycles. The average molecular weight is 294 g/mol. The average Bonchev–Trinajstić information content (AvgIpc) is 2.27. The molecule has 0 aliphatic rings. The summed E-state index contributed by atoms with van der Waals surface area (Å²) < 4.78 is 0.991. The first-order chi connectivity index (χ1) is 7.99. The highest BCUT2D eigenvalue weighted by atomic mass is 79.9. The Hall–Kier alpha value is -1.42. The molecule has 1 unspecified atom stereocenters. The number of rotatable bonds is 2. The zero-order valence-electron chi connectivity index (χ0n) is 9.57. The van der Waals surface area contributed by atoms with Crippen LogP contribution in [0.3, 0.4) is 0 Å². The minimum atomic E-state index is -0.850. The zero-order chi connectivity index (χ0) is 12.6. The summed E-state index contributed by atoms with van der Waals surface area (Å²) in [7, 11) is 0. The monoisotopic (exact) mass is 293 g/mol. The summed E-state index contributed by atoms with van der Waals surface area (Å²) in [5.74, 6) is -1.43. The zero-order valence-corrected chi connectivity index (χ0v) is 11.2. The Morgan fingerprint density at radius 3 is 2.76 bits per heavy atom. The van der Waals surface area contributed by atoms with Gasteiger partial charge in [-0.05, 0) is 43.7 Å². The van der Waals surface area contributed by atoms with E-state index in [0.29, 0.717) is 5.69 Å². The minimum Gasteiger partial charge on any atom is -0.481 e. The summed E-state index contributed by atoms with van der Waals surface area (Å²) in [6.45, 7) is 3.55. The summed E-state index contributed by atoms with van der Waals surface area (Å²) in [5.41, 5.74) is 2.36. The normalized spacial score (nSPS) is 12.6. The number of hydrogen-bond donors (Lipinski definition) is 1. The maximum Gasteiger partial charge on any atom is 0.312 e. The van der Waals surface area contributed by atoms with Crippen LogP contribution in [-0.4, -0.2) is 16.1 Å². The molecule has 17 heavy (non-hydrogen) atoms. The Labute approximate surface area is 108 Å². The van der Waals surface area contributed by atoms with Gasteiger partial charge in [0.25, 0.3) is 0 Å². The highest BCUT2D eigenvalue weighted by Gasteiger charge is 2.18. The lowest BCUT2D eigenvalue weighted by Gasteiger charge is -2.11. The standard InChI is InChI=1S/C13H12BrNO2/c1-7-5-9-6-10(14)3-4-11(9)15-12(7)8(2)13(16)17/h3-6,8H,1-2H3,(H,16,17). The van der Waals surface area contributed by atoms with E-state index < -0.39 is 11.9 Å². The van der Waals surface area contributed by atoms with Gasteiger partial charge < -0.3 is 5.11 Å². The molecule has 88 valence electrons. The van der Waals surface area contributed by atoms with Crippen molar-refractivity contribution >= 4 is 32.8 Å². The molecule has 1 N–H and O–H groups in total. The third kappa shape index (κ3) is 2.31. The molecule has 1 aromatic carbocycles. The van der Waals surface area contributed by atoms with Gasteiger partial charge >= 0.3 is 5.97 Å². The van der Waals surface area contributed by atoms with E-state index in [-0.39, 0.29) is 0 Å². The van der Waals surface area contributed by atoms with Crippen molar-refractivity contribution in [3.8, 4) is 0 Å². The van der Waals surface area contributed by atoms with Crippen molar-refractivity contribution in [2.75, 3.05) is 0 Å². The van der Waals surface area contributed by atoms with Gasteiger partial charge in [0.1, 0.15) is 0 Å². The maximum atomic E-state index is 11.0. The van der Waals surface area contributed by atoms with Crippen LogP contribution < -0.4 is 0 Å². The summed E-state index contributed by atoms with van der Waals surface area (Å²) >= 11 is 3.41. The van der Waals surface area contributed by atoms with Gasteiger partial charge in [0, 0.05) is 9.86 Å². The van der Waals surface area contributed by atoms with Crippen molar-refractivity contribution in [2.45, 2.75) is 19.8 Å². The highest BCUT2D eigenvalue weighted by molar-refractivity contribution is 9.10. The number of carboxylic acids is 1. The van der Waals surface area contributed by atoms with Gasteiger partial charge in [0.2, 0.25) is 0 Å². The Morgan fingerprint density at radius 1 is 1.41 bits per heavy atom. The van der Waals surface area contributed by atoms with E-state index in [1.807, 2.05) is 31.2 Å². The molecule has 2 rings (SSSR count). The van der Waals surface area contributed by atoms with E-state index in [4.69, 9.17) is 5.11 Å². The Kier molecular flexibility index (Phi) is 3.15. The number of benzene rings is 1. The molecule has 4 heteroatoms. The lowest BCUT2D eigenvalue weighted by atomic mass is 10.0. The van der Waals surface area contributed by atoms with Gasteiger partial charge in [0.05, 0.1) is 17.1 Å². The van der Waals surface area contributed by atoms with Gasteiger partial charge in [0.15, 0.2) is 0 Å². The van der Waals surface area contributed by atoms with E-state index in [2.05, 4.69) is 20.9 Å². The topological polar surface area (TPSA) is 50.2 Å². The van der Waals surface area contributed by atoms with Gasteiger partial charge in [-0.2, -0.15) is 0 Å². The fraction of sp³-hybridized carbons (Fsp3) is 0.231. The first-order valence-electron chi connectivity index (χ1n) is 5.28. The minimum absolute atomic E-state index is 0.581. The second-order valence-corrected chi connectivity index (χ2v) is 5.00. The van der Waals surface area contributed by atoms with E-state index in [1.54, 1.807) is 6.92 Å². The summed E-state index contributed by atoms with van der Waals surface area (Å²) in [6, 6.07) is 7.74. The molecule has 0 fully saturated rings. The van der Waals surface area contributed by atoms with Gasteiger partial charge in [-0.25, -0.2) is 0 Å². The number of aromatic nitrogens is 1. The molecule has 3 nitrogen and oxygen atoms in total. The molecule has 0 saturated carbocycles. The third-order valence-electron chi connectivity index (χ3n) is 2.79. The number of nitrogens with zero attached hydrogens (tertiary/aromatic N) is 1. The molecular weight excluding hydrogens is 282 g/mol. The second-order valence-electron chi connectivity index (χ2n) is 4.09. The van der Waals surface area contributed by atoms with E-state index >= 15 is 0 Å². The van der Waals surface area contributed by atoms with E-state index in [1.165, 1.54) is 0 Å². The maximum absolute atomic E-state index is 11.0. The number of carbonyl (C=O) groups is 1. The SMILES string of the molecule is Cc1cc2cc(Br)ccc2nc1C(C)C(=O)O. The number of aryl methyl sites for hydroxylation is 1. The van der Waals surface area contributed by atoms with Crippen molar-refractivity contribution in [1.29, 1.82) is 0 Å². The fourth-order valence-corrected chi connectivity index (χ4v) is 2.20. The van der Waals surface area contributed by atoms with Crippen molar-refractivity contribution in [1.82, 2.24) is 4.98 Å². The smallest absolute Gasteiger partial charge is 0.312 e. The van der Waals surface area contributed by atoms with Crippen molar-refractivity contribution in [2.24, 2.45) is 0 Å². The van der Waals surface area contributed by atoms with Crippen LogP contribution in [0.25, 0.3) is 10.9 Å². The molecule has 0 spiro atoms. The lowest BCUT2D eigenvalue weighted by Crippen LogP contribution is -2.11. The van der Waals surface area contributed by atoms with Crippen molar-refractivity contribution < 1.29 is 9.90 Å². The molecular formula is C13H12BrNO2. The number of pyridine rings is 1. The first kappa shape index (κ1) is 12.0. The fourth-order valence-electron chi connectivity index (χ4n) is 1.82. The van der Waals surface area contributed by atoms with Crippen LogP contribution >= 0.6 is 15.9 Å². The first-order valence-corrected chi connectivity index (χ1v) is 6.08. The van der Waals surface area contributed by atoms with Crippen LogP contribution in [0.1, 0.15) is 24.1 Å². The van der Waals surface area contributed by atoms with Crippen LogP contribution in [0.15, 0.2) is 28.7 Å². The quantitative estimate of drug-likeness (QED) is 0.922. The van der Waals surface area contributed by atoms with E-state index in [0.717, 1.165) is 20.9 Å². The van der Waals surface area contributed by atoms with E-state index in [9.17, 15) is 4.79 Å². The Bertz CT molecular complexity index is 595. The number of aliphatic carboxylic acids is 1. The lowest BCUT2D eigenvalue weighted by molar-refractivity contribution is -0.138. The van der Waals surface area contributed by atoms with Crippen LogP contribution in [0.4, 0.5) is 0 Å². The molecule has 0 aliphatic carbocycles. The molecule has 2 aromatic rings. The predicted octanol–water partition coefficient (Wildman–Crippen LogP) is 3.49. The number of fused-ring (bicyclic) bond motifs is 1. The predicted molar refractivity (Wildman–Crippen MR) is 70.2 cm³/mol. The summed E-state index contributed by atoms with van der Waals surface area (Å²) in [6.07, 6.45) is 0. The molecule has 1 heterocycles. The van der Waals surface area contributed by atoms with Crippen LogP contribution in [0.5, 0.6) is 0 Å². The molecule has 0 radical (unpaired) electrons. The highest BCUT2D eigenvalue weighted by Crippen LogP contribution is 2.24. The van der Waals surface area contributed by atoms with Gasteiger partial charge in [-0.15, -0.1) is 0 Å².